The summed E-state index contributed by atoms with van der Waals surface area (Å²) in [6.07, 6.45) is -22.7. The van der Waals surface area contributed by atoms with E-state index in [1.54, 1.807) is 48.5 Å². The van der Waals surface area contributed by atoms with Gasteiger partial charge in [0, 0.05) is 13.3 Å². The molecule has 0 aromatic heterocycles. The van der Waals surface area contributed by atoms with Gasteiger partial charge < -0.3 is 130 Å². The number of rotatable bonds is 8. The number of aliphatic carboxylic acids is 2. The Balaban J connectivity index is -0.000000953. The third kappa shape index (κ3) is 22.8. The molecule has 0 spiro atoms. The Hall–Kier alpha value is -0.160. The largest absolute Gasteiger partial charge is 1.00 e. The molecule has 21 unspecified atom stereocenters. The van der Waals surface area contributed by atoms with Crippen LogP contribution >= 0.6 is 7.60 Å². The van der Waals surface area contributed by atoms with E-state index >= 15 is 0 Å². The summed E-state index contributed by atoms with van der Waals surface area (Å²) < 4.78 is 31.7. The molecule has 0 bridgehead atoms. The van der Waals surface area contributed by atoms with E-state index in [1.807, 2.05) is 41.5 Å². The number of hydrogen-bond acceptors (Lipinski definition) is 26. The first-order valence-electron chi connectivity index (χ1n) is 25.6. The summed E-state index contributed by atoms with van der Waals surface area (Å²) in [5.74, 6) is -3.59. The molecule has 0 aliphatic carbocycles. The number of aliphatic hydroxyl groups is 14. The van der Waals surface area contributed by atoms with Crippen LogP contribution in [0.3, 0.4) is 0 Å². The average molecular weight is 1200 g/mol. The molecule has 4 rings (SSSR count). The smallest absolute Gasteiger partial charge is 0.810 e. The van der Waals surface area contributed by atoms with E-state index in [1.165, 1.54) is 27.7 Å². The van der Waals surface area contributed by atoms with Crippen LogP contribution < -0.4 is 84.4 Å². The zero-order chi connectivity index (χ0) is 62.1. The molecule has 27 nitrogen and oxygen atoms in total. The van der Waals surface area contributed by atoms with Crippen molar-refractivity contribution in [3.05, 3.63) is 0 Å². The fourth-order valence-corrected chi connectivity index (χ4v) is 8.50. The number of nitrogens with one attached hydrogen (secondary N) is 1. The number of carbonyl (C=O) groups excluding carboxylic acids is 3. The number of carboxylic acid groups (broad SMARTS) is 2. The molecule has 4 heterocycles. The summed E-state index contributed by atoms with van der Waals surface area (Å²) in [6.45, 7) is 27.5. The molecule has 0 aromatic carbocycles. The summed E-state index contributed by atoms with van der Waals surface area (Å²) in [5.41, 5.74) is -4.13. The van der Waals surface area contributed by atoms with E-state index in [0.29, 0.717) is 0 Å². The van der Waals surface area contributed by atoms with Crippen molar-refractivity contribution in [2.75, 3.05) is 13.2 Å². The minimum Gasteiger partial charge on any atom is -0.810 e. The fourth-order valence-electron chi connectivity index (χ4n) is 8.50. The van der Waals surface area contributed by atoms with Gasteiger partial charge in [-0.05, 0) is 33.2 Å². The molecule has 464 valence electrons. The van der Waals surface area contributed by atoms with E-state index in [4.69, 9.17) is 29.2 Å². The Labute approximate surface area is 514 Å². The van der Waals surface area contributed by atoms with Crippen molar-refractivity contribution in [1.82, 2.24) is 5.32 Å². The molecular weight excluding hydrogens is 1110 g/mol. The molecule has 4 fully saturated rings. The van der Waals surface area contributed by atoms with Gasteiger partial charge in [-0.2, -0.15) is 0 Å². The second kappa shape index (κ2) is 33.3. The van der Waals surface area contributed by atoms with Gasteiger partial charge in [0.25, 0.3) is 0 Å². The monoisotopic (exact) mass is 1200 g/mol. The molecule has 80 heavy (non-hydrogen) atoms. The maximum Gasteiger partial charge on any atom is 1.00 e. The second-order valence-electron chi connectivity index (χ2n) is 25.4. The van der Waals surface area contributed by atoms with Crippen LogP contribution in [0, 0.1) is 21.7 Å². The topological polar surface area (TPSA) is 493 Å². The SMILES string of the molecule is CC(C)(C)C1OC(C(=O)[O-])C(O)C(O)C1O.CC(C)(C)C1OC(CO)C(O)C(O)C1O.CC(C)(C)C1OC(CO)C(O)C(O)C1O.CC(C)(C)P(=O)([O-])[O-].CCC(O)C(O)C1OC(C(=O)[O-])(C(C)(C)C)CC(O)C1NC(C)=O.[Na+].[Na+]. The summed E-state index contributed by atoms with van der Waals surface area (Å²) in [5, 5.41) is 159. The van der Waals surface area contributed by atoms with E-state index in [2.05, 4.69) is 5.32 Å². The van der Waals surface area contributed by atoms with Crippen molar-refractivity contribution >= 4 is 25.4 Å². The minimum absolute atomic E-state index is 0. The molecule has 4 saturated heterocycles. The van der Waals surface area contributed by atoms with Crippen LogP contribution in [-0.4, -0.2) is 235 Å². The van der Waals surface area contributed by atoms with Gasteiger partial charge in [0.05, 0.1) is 61.7 Å². The molecule has 1 amide bonds. The van der Waals surface area contributed by atoms with Crippen LogP contribution in [0.2, 0.25) is 0 Å². The number of amides is 1. The summed E-state index contributed by atoms with van der Waals surface area (Å²) >= 11 is 0. The Morgan fingerprint density at radius 2 is 0.925 bits per heavy atom. The van der Waals surface area contributed by atoms with Gasteiger partial charge in [0.15, 0.2) is 0 Å². The van der Waals surface area contributed by atoms with E-state index in [0.717, 1.165) is 0 Å². The quantitative estimate of drug-likeness (QED) is 0.0793. The third-order valence-electron chi connectivity index (χ3n) is 13.7. The fraction of sp³-hybridized carbons (Fsp3) is 0.940. The van der Waals surface area contributed by atoms with Crippen LogP contribution in [0.4, 0.5) is 0 Å². The number of carboxylic acids is 2. The molecule has 0 aromatic rings. The van der Waals surface area contributed by atoms with Crippen LogP contribution in [0.15, 0.2) is 0 Å². The molecule has 4 aliphatic heterocycles. The molecule has 30 heteroatoms. The summed E-state index contributed by atoms with van der Waals surface area (Å²) in [7, 11) is -4.35. The first-order valence-corrected chi connectivity index (χ1v) is 27.1. The number of aliphatic hydroxyl groups excluding tert-OH is 14. The Morgan fingerprint density at radius 3 is 1.18 bits per heavy atom. The van der Waals surface area contributed by atoms with Gasteiger partial charge in [0.2, 0.25) is 5.91 Å². The summed E-state index contributed by atoms with van der Waals surface area (Å²) in [6, 6.07) is -1.05. The van der Waals surface area contributed by atoms with Crippen molar-refractivity contribution < 1.29 is 189 Å². The first-order chi connectivity index (χ1) is 34.8. The van der Waals surface area contributed by atoms with Crippen molar-refractivity contribution in [2.24, 2.45) is 21.7 Å². The van der Waals surface area contributed by atoms with Crippen LogP contribution in [0.5, 0.6) is 0 Å². The van der Waals surface area contributed by atoms with Crippen molar-refractivity contribution in [3.8, 4) is 0 Å². The summed E-state index contributed by atoms with van der Waals surface area (Å²) in [4.78, 5) is 54.2. The normalized spacial score (nSPS) is 35.8. The Morgan fingerprint density at radius 1 is 0.600 bits per heavy atom. The minimum atomic E-state index is -4.35. The average Bonchev–Trinajstić information content (AvgIpc) is 3.27. The molecule has 4 aliphatic rings. The zero-order valence-electron chi connectivity index (χ0n) is 50.0. The third-order valence-corrected chi connectivity index (χ3v) is 15.3. The predicted octanol–water partition coefficient (Wildman–Crippen LogP) is -12.6. The first kappa shape index (κ1) is 84.1. The van der Waals surface area contributed by atoms with Gasteiger partial charge in [-0.3, -0.25) is 4.79 Å². The maximum atomic E-state index is 11.8. The second-order valence-corrected chi connectivity index (χ2v) is 27.8. The Bertz CT molecular complexity index is 1850. The van der Waals surface area contributed by atoms with Gasteiger partial charge in [0.1, 0.15) is 91.1 Å². The van der Waals surface area contributed by atoms with Crippen molar-refractivity contribution in [3.63, 3.8) is 0 Å². The van der Waals surface area contributed by atoms with Crippen molar-refractivity contribution in [1.29, 1.82) is 0 Å². The van der Waals surface area contributed by atoms with Gasteiger partial charge >= 0.3 is 59.1 Å². The molecular formula is C50H94NNa2O26P-2. The predicted molar refractivity (Wildman–Crippen MR) is 268 cm³/mol. The molecule has 0 radical (unpaired) electrons. The van der Waals surface area contributed by atoms with Crippen LogP contribution in [0.1, 0.15) is 131 Å². The molecule has 21 atom stereocenters. The van der Waals surface area contributed by atoms with Crippen LogP contribution in [-0.2, 0) is 37.9 Å². The van der Waals surface area contributed by atoms with Gasteiger partial charge in [-0.1, -0.05) is 118 Å². The zero-order valence-corrected chi connectivity index (χ0v) is 54.9. The number of carbonyl (C=O) groups is 3. The van der Waals surface area contributed by atoms with Crippen molar-refractivity contribution in [2.45, 2.75) is 263 Å². The van der Waals surface area contributed by atoms with Gasteiger partial charge in [-0.15, -0.1) is 0 Å². The standard InChI is InChI=1S/C16H29NO7.C10H18O6.2C10H20O5.C4H11O3P.2Na/c1-6-9(19)12(21)13-11(17-8(2)18)10(20)7-16(24-13,14(22)23)15(3,4)5;1-10(2,3)8-6(13)4(11)5(12)7(16-8)9(14)15;2*1-10(2,3)9-8(14)7(13)6(12)5(4-11)15-9;1-4(2,3)8(5,6)7;;/h9-13,19-21H,6-7H2,1-5H3,(H,17,18)(H,22,23);4-8,11-13H,1-3H3,(H,14,15);2*5-9,11-14H,4H2,1-3H3;1-3H3,(H2,5,6,7);;/q;;;;;2*+1/p-4. The maximum absolute atomic E-state index is 11.8. The Kier molecular flexibility index (Phi) is 34.9. The molecule has 0 saturated carbocycles. The molecule has 15 N–H and O–H groups in total. The van der Waals surface area contributed by atoms with E-state index in [9.17, 15) is 100 Å². The van der Waals surface area contributed by atoms with Crippen LogP contribution in [0.25, 0.3) is 0 Å². The van der Waals surface area contributed by atoms with E-state index in [-0.39, 0.29) is 96.0 Å². The number of ether oxygens (including phenoxy) is 4. The number of hydrogen-bond donors (Lipinski definition) is 15. The van der Waals surface area contributed by atoms with Gasteiger partial charge in [-0.25, -0.2) is 0 Å². The van der Waals surface area contributed by atoms with E-state index < -0.39 is 169 Å².